The van der Waals surface area contributed by atoms with Crippen LogP contribution in [0.4, 0.5) is 0 Å². The molecule has 1 N–H and O–H groups in total. The number of amides is 1. The average molecular weight is 429 g/mol. The van der Waals surface area contributed by atoms with Gasteiger partial charge in [-0.2, -0.15) is 0 Å². The summed E-state index contributed by atoms with van der Waals surface area (Å²) >= 11 is 1.45. The van der Waals surface area contributed by atoms with Crippen molar-refractivity contribution in [3.63, 3.8) is 0 Å². The summed E-state index contributed by atoms with van der Waals surface area (Å²) in [6, 6.07) is 8.51. The average Bonchev–Trinajstić information content (AvgIpc) is 3.15. The minimum Gasteiger partial charge on any atom is -0.497 e. The van der Waals surface area contributed by atoms with E-state index in [1.165, 1.54) is 36.6 Å². The second-order valence-electron chi connectivity index (χ2n) is 7.69. The van der Waals surface area contributed by atoms with E-state index in [4.69, 9.17) is 4.74 Å². The molecule has 1 amide bonds. The van der Waals surface area contributed by atoms with Crippen LogP contribution in [-0.2, 0) is 24.2 Å². The summed E-state index contributed by atoms with van der Waals surface area (Å²) in [6.45, 7) is 4.51. The van der Waals surface area contributed by atoms with E-state index in [1.807, 2.05) is 18.2 Å². The van der Waals surface area contributed by atoms with Crippen LogP contribution in [-0.4, -0.2) is 39.6 Å². The van der Waals surface area contributed by atoms with Crippen molar-refractivity contribution in [2.75, 3.05) is 12.9 Å². The Kier molecular flexibility index (Phi) is 8.81. The van der Waals surface area contributed by atoms with Crippen LogP contribution in [0.15, 0.2) is 42.1 Å². The molecule has 6 nitrogen and oxygen atoms in total. The summed E-state index contributed by atoms with van der Waals surface area (Å²) in [5, 5.41) is 12.7. The van der Waals surface area contributed by atoms with E-state index in [0.717, 1.165) is 48.8 Å². The number of benzene rings is 1. The number of ether oxygens (including phenoxy) is 1. The number of carbonyl (C=O) groups excluding carboxylic acids is 1. The SMILES string of the molecule is C=CCn1c(CCCc2ccc(OC)cc2)nnc1SCC(=O)NC1CCCCC1. The Balaban J connectivity index is 1.50. The fraction of sp³-hybridized carbons (Fsp3) is 0.522. The molecule has 1 aromatic heterocycles. The monoisotopic (exact) mass is 428 g/mol. The predicted molar refractivity (Wildman–Crippen MR) is 121 cm³/mol. The number of methoxy groups -OCH3 is 1. The molecule has 1 aliphatic rings. The highest BCUT2D eigenvalue weighted by atomic mass is 32.2. The zero-order valence-electron chi connectivity index (χ0n) is 17.8. The van der Waals surface area contributed by atoms with Gasteiger partial charge in [0.15, 0.2) is 5.16 Å². The normalized spacial score (nSPS) is 14.4. The molecule has 3 rings (SSSR count). The fourth-order valence-corrected chi connectivity index (χ4v) is 4.59. The molecule has 1 fully saturated rings. The van der Waals surface area contributed by atoms with Gasteiger partial charge in [-0.1, -0.05) is 49.2 Å². The van der Waals surface area contributed by atoms with E-state index in [0.29, 0.717) is 18.3 Å². The van der Waals surface area contributed by atoms with Gasteiger partial charge < -0.3 is 14.6 Å². The second kappa shape index (κ2) is 11.8. The summed E-state index contributed by atoms with van der Waals surface area (Å²) in [4.78, 5) is 12.3. The van der Waals surface area contributed by atoms with Gasteiger partial charge in [0.2, 0.25) is 5.91 Å². The van der Waals surface area contributed by atoms with Crippen molar-refractivity contribution < 1.29 is 9.53 Å². The van der Waals surface area contributed by atoms with Gasteiger partial charge in [0.1, 0.15) is 11.6 Å². The second-order valence-corrected chi connectivity index (χ2v) is 8.63. The van der Waals surface area contributed by atoms with Gasteiger partial charge in [0.05, 0.1) is 12.9 Å². The van der Waals surface area contributed by atoms with Crippen LogP contribution >= 0.6 is 11.8 Å². The van der Waals surface area contributed by atoms with E-state index in [-0.39, 0.29) is 5.91 Å². The lowest BCUT2D eigenvalue weighted by molar-refractivity contribution is -0.119. The Morgan fingerprint density at radius 1 is 1.23 bits per heavy atom. The van der Waals surface area contributed by atoms with Gasteiger partial charge in [-0.05, 0) is 43.4 Å². The van der Waals surface area contributed by atoms with Crippen LogP contribution in [0, 0.1) is 0 Å². The topological polar surface area (TPSA) is 69.0 Å². The third-order valence-corrected chi connectivity index (χ3v) is 6.40. The number of carbonyl (C=O) groups is 1. The molecule has 0 unspecified atom stereocenters. The first-order valence-corrected chi connectivity index (χ1v) is 11.8. The first-order valence-electron chi connectivity index (χ1n) is 10.8. The standard InChI is InChI=1S/C23H32N4O2S/c1-3-16-27-21(11-7-8-18-12-14-20(29-2)15-13-18)25-26-23(27)30-17-22(28)24-19-9-5-4-6-10-19/h3,12-15,19H,1,4-11,16-17H2,2H3,(H,24,28). The maximum atomic E-state index is 12.3. The Hall–Kier alpha value is -2.28. The number of thioether (sulfide) groups is 1. The highest BCUT2D eigenvalue weighted by Gasteiger charge is 2.17. The van der Waals surface area contributed by atoms with Gasteiger partial charge in [-0.3, -0.25) is 4.79 Å². The van der Waals surface area contributed by atoms with Crippen molar-refractivity contribution in [1.29, 1.82) is 0 Å². The number of nitrogens with one attached hydrogen (secondary N) is 1. The van der Waals surface area contributed by atoms with Crippen LogP contribution in [0.3, 0.4) is 0 Å². The molecule has 162 valence electrons. The molecule has 1 aromatic carbocycles. The smallest absolute Gasteiger partial charge is 0.230 e. The van der Waals surface area contributed by atoms with Crippen LogP contribution in [0.5, 0.6) is 5.75 Å². The quantitative estimate of drug-likeness (QED) is 0.429. The number of aryl methyl sites for hydroxylation is 2. The molecule has 0 radical (unpaired) electrons. The fourth-order valence-electron chi connectivity index (χ4n) is 3.81. The number of allylic oxidation sites excluding steroid dienone is 1. The molecule has 1 saturated carbocycles. The van der Waals surface area contributed by atoms with E-state index in [9.17, 15) is 4.79 Å². The molecule has 30 heavy (non-hydrogen) atoms. The minimum atomic E-state index is 0.0844. The molecule has 0 bridgehead atoms. The van der Waals surface area contributed by atoms with Gasteiger partial charge >= 0.3 is 0 Å². The summed E-state index contributed by atoms with van der Waals surface area (Å²) in [5.41, 5.74) is 1.28. The maximum absolute atomic E-state index is 12.3. The molecule has 7 heteroatoms. The van der Waals surface area contributed by atoms with Crippen LogP contribution in [0.2, 0.25) is 0 Å². The van der Waals surface area contributed by atoms with Crippen molar-refractivity contribution in [2.24, 2.45) is 0 Å². The number of aromatic nitrogens is 3. The molecule has 2 aromatic rings. The maximum Gasteiger partial charge on any atom is 0.230 e. The van der Waals surface area contributed by atoms with E-state index >= 15 is 0 Å². The van der Waals surface area contributed by atoms with Crippen molar-refractivity contribution in [3.8, 4) is 5.75 Å². The van der Waals surface area contributed by atoms with Gasteiger partial charge in [-0.15, -0.1) is 16.8 Å². The molecule has 0 atom stereocenters. The Bertz CT molecular complexity index is 813. The van der Waals surface area contributed by atoms with Crippen molar-refractivity contribution in [1.82, 2.24) is 20.1 Å². The zero-order valence-corrected chi connectivity index (χ0v) is 18.6. The van der Waals surface area contributed by atoms with E-state index in [2.05, 4.69) is 38.8 Å². The molecule has 1 heterocycles. The third-order valence-electron chi connectivity index (χ3n) is 5.43. The van der Waals surface area contributed by atoms with E-state index in [1.54, 1.807) is 7.11 Å². The predicted octanol–water partition coefficient (Wildman–Crippen LogP) is 4.19. The van der Waals surface area contributed by atoms with Crippen LogP contribution in [0.25, 0.3) is 0 Å². The van der Waals surface area contributed by atoms with E-state index < -0.39 is 0 Å². The molecular formula is C23H32N4O2S. The van der Waals surface area contributed by atoms with Gasteiger partial charge in [0, 0.05) is 19.0 Å². The molecule has 1 aliphatic carbocycles. The molecule has 0 aliphatic heterocycles. The molecule has 0 saturated heterocycles. The van der Waals surface area contributed by atoms with Gasteiger partial charge in [-0.25, -0.2) is 0 Å². The van der Waals surface area contributed by atoms with Crippen molar-refractivity contribution in [2.45, 2.75) is 69.1 Å². The summed E-state index contributed by atoms with van der Waals surface area (Å²) in [5.74, 6) is 2.27. The zero-order chi connectivity index (χ0) is 21.2. The Labute approximate surface area is 183 Å². The highest BCUT2D eigenvalue weighted by molar-refractivity contribution is 7.99. The number of hydrogen-bond acceptors (Lipinski definition) is 5. The summed E-state index contributed by atoms with van der Waals surface area (Å²) < 4.78 is 7.28. The summed E-state index contributed by atoms with van der Waals surface area (Å²) in [6.07, 6.45) is 10.5. The number of nitrogens with zero attached hydrogens (tertiary/aromatic N) is 3. The first kappa shape index (κ1) is 22.4. The lowest BCUT2D eigenvalue weighted by Crippen LogP contribution is -2.37. The Morgan fingerprint density at radius 2 is 2.00 bits per heavy atom. The van der Waals surface area contributed by atoms with Crippen molar-refractivity contribution >= 4 is 17.7 Å². The van der Waals surface area contributed by atoms with Crippen LogP contribution < -0.4 is 10.1 Å². The van der Waals surface area contributed by atoms with Gasteiger partial charge in [0.25, 0.3) is 0 Å². The first-order chi connectivity index (χ1) is 14.7. The Morgan fingerprint density at radius 3 is 2.70 bits per heavy atom. The largest absolute Gasteiger partial charge is 0.497 e. The number of rotatable bonds is 11. The third kappa shape index (κ3) is 6.62. The van der Waals surface area contributed by atoms with Crippen LogP contribution in [0.1, 0.15) is 49.9 Å². The highest BCUT2D eigenvalue weighted by Crippen LogP contribution is 2.21. The summed E-state index contributed by atoms with van der Waals surface area (Å²) in [7, 11) is 1.68. The van der Waals surface area contributed by atoms with Crippen molar-refractivity contribution in [3.05, 3.63) is 48.3 Å². The molecular weight excluding hydrogens is 396 g/mol. The lowest BCUT2D eigenvalue weighted by Gasteiger charge is -2.22. The number of hydrogen-bond donors (Lipinski definition) is 1. The minimum absolute atomic E-state index is 0.0844. The molecule has 0 spiro atoms. The lowest BCUT2D eigenvalue weighted by atomic mass is 9.95.